The average molecular weight is 578 g/mol. The molecule has 2 bridgehead atoms. The molecule has 0 aliphatic carbocycles. The first-order valence-corrected chi connectivity index (χ1v) is 13.7. The van der Waals surface area contributed by atoms with Gasteiger partial charge in [-0.3, -0.25) is 14.4 Å². The molecule has 4 heterocycles. The van der Waals surface area contributed by atoms with Crippen LogP contribution in [-0.4, -0.2) is 94.9 Å². The third-order valence-electron chi connectivity index (χ3n) is 7.31. The Balaban J connectivity index is 1.52. The standard InChI is InChI=1S/C24H28BrN5O5S/c1-3-9-28(13-30-16-8-6-5-7-15(16)26-27-30)22(33)20-24-12-14(25)19(36-24)17(23(34)35-4-2)18(24)21(32)29(20)10-11-31/h3,5-8,14,17-20,31H,1,4,9-13H2,2H3/t14?,17-,18+,19-,20?,24?/m1/s1. The molecule has 1 aromatic carbocycles. The number of ether oxygens (including phenoxy) is 1. The Hall–Kier alpha value is -2.44. The van der Waals surface area contributed by atoms with Gasteiger partial charge in [0.15, 0.2) is 0 Å². The molecule has 3 aliphatic heterocycles. The lowest BCUT2D eigenvalue weighted by Gasteiger charge is -2.37. The van der Waals surface area contributed by atoms with Gasteiger partial charge in [0.25, 0.3) is 0 Å². The summed E-state index contributed by atoms with van der Waals surface area (Å²) in [6.45, 7) is 5.85. The number of nitrogens with zero attached hydrogens (tertiary/aromatic N) is 5. The maximum atomic E-state index is 14.3. The van der Waals surface area contributed by atoms with Gasteiger partial charge in [0.1, 0.15) is 18.2 Å². The van der Waals surface area contributed by atoms with Crippen molar-refractivity contribution in [3.8, 4) is 0 Å². The molecule has 3 unspecified atom stereocenters. The van der Waals surface area contributed by atoms with Crippen LogP contribution in [0.15, 0.2) is 36.9 Å². The maximum Gasteiger partial charge on any atom is 0.310 e. The van der Waals surface area contributed by atoms with Gasteiger partial charge in [-0.25, -0.2) is 4.68 Å². The molecule has 192 valence electrons. The minimum Gasteiger partial charge on any atom is -0.466 e. The summed E-state index contributed by atoms with van der Waals surface area (Å²) in [5, 5.41) is 18.0. The van der Waals surface area contributed by atoms with E-state index >= 15 is 0 Å². The number of esters is 1. The van der Waals surface area contributed by atoms with E-state index in [2.05, 4.69) is 32.8 Å². The number of aromatic nitrogens is 3. The van der Waals surface area contributed by atoms with Gasteiger partial charge < -0.3 is 19.6 Å². The number of benzene rings is 1. The fourth-order valence-electron chi connectivity index (χ4n) is 5.99. The summed E-state index contributed by atoms with van der Waals surface area (Å²) < 4.78 is 6.19. The summed E-state index contributed by atoms with van der Waals surface area (Å²) in [7, 11) is 0. The van der Waals surface area contributed by atoms with Gasteiger partial charge in [0, 0.05) is 23.2 Å². The van der Waals surface area contributed by atoms with Gasteiger partial charge in [-0.15, -0.1) is 23.4 Å². The van der Waals surface area contributed by atoms with E-state index in [1.807, 2.05) is 24.3 Å². The van der Waals surface area contributed by atoms with Crippen molar-refractivity contribution in [1.29, 1.82) is 0 Å². The van der Waals surface area contributed by atoms with Crippen LogP contribution in [0, 0.1) is 11.8 Å². The Morgan fingerprint density at radius 2 is 2.19 bits per heavy atom. The first-order chi connectivity index (χ1) is 17.4. The molecule has 1 spiro atoms. The number of amides is 2. The average Bonchev–Trinajstić information content (AvgIpc) is 3.57. The molecule has 12 heteroatoms. The van der Waals surface area contributed by atoms with Crippen molar-refractivity contribution in [3.05, 3.63) is 36.9 Å². The highest BCUT2D eigenvalue weighted by Gasteiger charge is 2.76. The van der Waals surface area contributed by atoms with E-state index in [9.17, 15) is 19.5 Å². The second-order valence-corrected chi connectivity index (χ2v) is 12.0. The van der Waals surface area contributed by atoms with Crippen LogP contribution in [0.25, 0.3) is 11.0 Å². The Kier molecular flexibility index (Phi) is 6.86. The zero-order valence-electron chi connectivity index (χ0n) is 19.8. The van der Waals surface area contributed by atoms with Gasteiger partial charge in [-0.05, 0) is 25.5 Å². The summed E-state index contributed by atoms with van der Waals surface area (Å²) >= 11 is 5.25. The Morgan fingerprint density at radius 1 is 1.42 bits per heavy atom. The van der Waals surface area contributed by atoms with E-state index in [0.29, 0.717) is 11.9 Å². The van der Waals surface area contributed by atoms with Crippen LogP contribution in [-0.2, 0) is 25.8 Å². The number of alkyl halides is 1. The van der Waals surface area contributed by atoms with E-state index in [1.54, 1.807) is 22.6 Å². The smallest absolute Gasteiger partial charge is 0.310 e. The number of thioether (sulfide) groups is 1. The molecule has 0 radical (unpaired) electrons. The van der Waals surface area contributed by atoms with E-state index in [-0.39, 0.29) is 54.9 Å². The zero-order valence-corrected chi connectivity index (χ0v) is 22.2. The highest BCUT2D eigenvalue weighted by atomic mass is 79.9. The predicted molar refractivity (Wildman–Crippen MR) is 137 cm³/mol. The van der Waals surface area contributed by atoms with Crippen LogP contribution in [0.3, 0.4) is 0 Å². The van der Waals surface area contributed by atoms with Crippen LogP contribution in [0.1, 0.15) is 13.3 Å². The SMILES string of the molecule is C=CCN(Cn1nnc2ccccc21)C(=O)C1N(CCO)C(=O)[C@@H]2[C@@H](C(=O)OCC)[C@@H]3SC12CC3Br. The summed E-state index contributed by atoms with van der Waals surface area (Å²) in [6, 6.07) is 6.63. The fourth-order valence-corrected chi connectivity index (χ4v) is 9.59. The van der Waals surface area contributed by atoms with Gasteiger partial charge in [0.2, 0.25) is 11.8 Å². The summed E-state index contributed by atoms with van der Waals surface area (Å²) in [4.78, 5) is 44.0. The van der Waals surface area contributed by atoms with Crippen molar-refractivity contribution in [2.75, 3.05) is 26.3 Å². The second kappa shape index (κ2) is 9.79. The van der Waals surface area contributed by atoms with E-state index in [4.69, 9.17) is 4.74 Å². The molecule has 6 atom stereocenters. The molecular weight excluding hydrogens is 550 g/mol. The Morgan fingerprint density at radius 3 is 2.92 bits per heavy atom. The molecule has 5 rings (SSSR count). The Bertz CT molecular complexity index is 1210. The third kappa shape index (κ3) is 3.76. The van der Waals surface area contributed by atoms with Crippen molar-refractivity contribution in [2.24, 2.45) is 11.8 Å². The summed E-state index contributed by atoms with van der Waals surface area (Å²) in [5.41, 5.74) is 1.49. The van der Waals surface area contributed by atoms with Crippen LogP contribution in [0.2, 0.25) is 0 Å². The van der Waals surface area contributed by atoms with Crippen molar-refractivity contribution < 1.29 is 24.2 Å². The molecule has 1 aromatic heterocycles. The number of fused-ring (bicyclic) bond motifs is 2. The van der Waals surface area contributed by atoms with Crippen molar-refractivity contribution in [3.63, 3.8) is 0 Å². The fraction of sp³-hybridized carbons (Fsp3) is 0.542. The molecule has 3 aliphatic rings. The van der Waals surface area contributed by atoms with E-state index in [0.717, 1.165) is 5.52 Å². The Labute approximate surface area is 221 Å². The lowest BCUT2D eigenvalue weighted by atomic mass is 9.71. The zero-order chi connectivity index (χ0) is 25.6. The largest absolute Gasteiger partial charge is 0.466 e. The van der Waals surface area contributed by atoms with Gasteiger partial charge in [-0.2, -0.15) is 0 Å². The van der Waals surface area contributed by atoms with Gasteiger partial charge >= 0.3 is 5.97 Å². The van der Waals surface area contributed by atoms with Gasteiger partial charge in [0.05, 0.1) is 35.3 Å². The number of β-amino-alcohol motifs (C(OH)–C–C–N with tert-alkyl or cyclic N) is 1. The highest BCUT2D eigenvalue weighted by Crippen LogP contribution is 2.68. The molecule has 0 saturated carbocycles. The number of rotatable bonds is 9. The van der Waals surface area contributed by atoms with Crippen molar-refractivity contribution >= 4 is 56.5 Å². The van der Waals surface area contributed by atoms with Crippen molar-refractivity contribution in [2.45, 2.75) is 40.9 Å². The lowest BCUT2D eigenvalue weighted by Crippen LogP contribution is -2.56. The van der Waals surface area contributed by atoms with Gasteiger partial charge in [-0.1, -0.05) is 39.4 Å². The molecule has 2 amide bonds. The van der Waals surface area contributed by atoms with Crippen LogP contribution in [0.5, 0.6) is 0 Å². The molecule has 3 fully saturated rings. The van der Waals surface area contributed by atoms with Crippen LogP contribution >= 0.6 is 27.7 Å². The predicted octanol–water partition coefficient (Wildman–Crippen LogP) is 1.42. The first kappa shape index (κ1) is 25.2. The van der Waals surface area contributed by atoms with E-state index < -0.39 is 28.6 Å². The third-order valence-corrected chi connectivity index (χ3v) is 10.5. The number of aliphatic hydroxyl groups excluding tert-OH is 1. The van der Waals surface area contributed by atoms with Crippen molar-refractivity contribution in [1.82, 2.24) is 24.8 Å². The lowest BCUT2D eigenvalue weighted by molar-refractivity contribution is -0.153. The monoisotopic (exact) mass is 577 g/mol. The number of hydrogen-bond acceptors (Lipinski definition) is 8. The maximum absolute atomic E-state index is 14.3. The topological polar surface area (TPSA) is 118 Å². The molecular formula is C24H28BrN5O5S. The number of aliphatic hydroxyl groups is 1. The first-order valence-electron chi connectivity index (χ1n) is 12.0. The van der Waals surface area contributed by atoms with E-state index in [1.165, 1.54) is 16.7 Å². The number of carbonyl (C=O) groups is 3. The molecule has 1 N–H and O–H groups in total. The second-order valence-electron chi connectivity index (χ2n) is 9.24. The number of hydrogen-bond donors (Lipinski definition) is 1. The summed E-state index contributed by atoms with van der Waals surface area (Å²) in [5.74, 6) is -2.28. The van der Waals surface area contributed by atoms with Crippen LogP contribution in [0.4, 0.5) is 0 Å². The number of halogens is 1. The summed E-state index contributed by atoms with van der Waals surface area (Å²) in [6.07, 6.45) is 2.19. The molecule has 3 saturated heterocycles. The minimum absolute atomic E-state index is 0.00933. The number of para-hydroxylation sites is 1. The van der Waals surface area contributed by atoms with Crippen LogP contribution < -0.4 is 0 Å². The number of carbonyl (C=O) groups excluding carboxylic acids is 3. The minimum atomic E-state index is -0.841. The molecule has 10 nitrogen and oxygen atoms in total. The number of likely N-dealkylation sites (tertiary alicyclic amines) is 1. The normalized spacial score (nSPS) is 30.6. The highest BCUT2D eigenvalue weighted by molar-refractivity contribution is 9.09. The quantitative estimate of drug-likeness (QED) is 0.270. The molecule has 36 heavy (non-hydrogen) atoms. The molecule has 2 aromatic rings.